The number of nitrogens with two attached hydrogens (primary N) is 1. The van der Waals surface area contributed by atoms with Crippen LogP contribution in [-0.2, 0) is 0 Å². The van der Waals surface area contributed by atoms with E-state index in [1.165, 1.54) is 18.6 Å². The highest BCUT2D eigenvalue weighted by atomic mass is 32.2. The van der Waals surface area contributed by atoms with Crippen molar-refractivity contribution in [1.29, 1.82) is 0 Å². The first-order valence-electron chi connectivity index (χ1n) is 5.19. The van der Waals surface area contributed by atoms with Crippen molar-refractivity contribution in [2.45, 2.75) is 18.0 Å². The Bertz CT molecular complexity index is 488. The molecule has 3 rings (SSSR count). The lowest BCUT2D eigenvalue weighted by molar-refractivity contribution is 0.985. The van der Waals surface area contributed by atoms with Gasteiger partial charge in [-0.15, -0.1) is 0 Å². The summed E-state index contributed by atoms with van der Waals surface area (Å²) in [4.78, 5) is 7.80. The number of thioether (sulfide) groups is 1. The first kappa shape index (κ1) is 9.09. The average molecular weight is 219 g/mol. The molecular formula is C11H13N3S. The molecule has 0 spiro atoms. The quantitative estimate of drug-likeness (QED) is 0.616. The van der Waals surface area contributed by atoms with Crippen molar-refractivity contribution in [3.05, 3.63) is 18.2 Å². The third kappa shape index (κ3) is 1.95. The van der Waals surface area contributed by atoms with E-state index in [1.54, 1.807) is 0 Å². The molecule has 78 valence electrons. The molecule has 0 aliphatic heterocycles. The molecule has 0 atom stereocenters. The van der Waals surface area contributed by atoms with Crippen molar-refractivity contribution in [3.8, 4) is 0 Å². The molecule has 1 aromatic heterocycles. The number of rotatable bonds is 3. The van der Waals surface area contributed by atoms with Crippen molar-refractivity contribution in [2.24, 2.45) is 5.92 Å². The van der Waals surface area contributed by atoms with Crippen molar-refractivity contribution in [1.82, 2.24) is 9.97 Å². The highest BCUT2D eigenvalue weighted by Gasteiger charge is 2.21. The number of H-pyrrole nitrogens is 1. The topological polar surface area (TPSA) is 54.7 Å². The zero-order chi connectivity index (χ0) is 10.3. The summed E-state index contributed by atoms with van der Waals surface area (Å²) in [6.07, 6.45) is 2.78. The molecule has 0 unspecified atom stereocenters. The van der Waals surface area contributed by atoms with Crippen molar-refractivity contribution < 1.29 is 0 Å². The van der Waals surface area contributed by atoms with Gasteiger partial charge in [0.15, 0.2) is 5.16 Å². The van der Waals surface area contributed by atoms with E-state index in [0.29, 0.717) is 0 Å². The Morgan fingerprint density at radius 3 is 3.13 bits per heavy atom. The molecule has 1 saturated carbocycles. The van der Waals surface area contributed by atoms with Crippen LogP contribution in [0.3, 0.4) is 0 Å². The van der Waals surface area contributed by atoms with Crippen LogP contribution >= 0.6 is 11.8 Å². The Morgan fingerprint density at radius 1 is 1.47 bits per heavy atom. The average Bonchev–Trinajstić information content (AvgIpc) is 2.95. The second-order valence-corrected chi connectivity index (χ2v) is 5.08. The zero-order valence-electron chi connectivity index (χ0n) is 8.36. The third-order valence-corrected chi connectivity index (χ3v) is 3.74. The zero-order valence-corrected chi connectivity index (χ0v) is 9.18. The molecule has 3 nitrogen and oxygen atoms in total. The third-order valence-electron chi connectivity index (χ3n) is 2.64. The molecule has 1 fully saturated rings. The van der Waals surface area contributed by atoms with Crippen molar-refractivity contribution >= 4 is 28.5 Å². The number of imidazole rings is 1. The standard InChI is InChI=1S/C11H13N3S/c12-8-3-4-9-10(5-8)14-11(13-9)15-6-7-1-2-7/h3-5,7H,1-2,6,12H2,(H,13,14). The van der Waals surface area contributed by atoms with Gasteiger partial charge in [0.2, 0.25) is 0 Å². The van der Waals surface area contributed by atoms with E-state index in [2.05, 4.69) is 9.97 Å². The molecule has 0 radical (unpaired) electrons. The Hall–Kier alpha value is -1.16. The van der Waals surface area contributed by atoms with Gasteiger partial charge in [-0.3, -0.25) is 0 Å². The van der Waals surface area contributed by atoms with Gasteiger partial charge < -0.3 is 10.7 Å². The van der Waals surface area contributed by atoms with E-state index in [9.17, 15) is 0 Å². The smallest absolute Gasteiger partial charge is 0.166 e. The predicted molar refractivity (Wildman–Crippen MR) is 64.0 cm³/mol. The minimum atomic E-state index is 0.782. The van der Waals surface area contributed by atoms with Crippen LogP contribution in [0.25, 0.3) is 11.0 Å². The first-order valence-corrected chi connectivity index (χ1v) is 6.18. The number of aromatic amines is 1. The number of benzene rings is 1. The van der Waals surface area contributed by atoms with E-state index in [0.717, 1.165) is 27.8 Å². The largest absolute Gasteiger partial charge is 0.399 e. The lowest BCUT2D eigenvalue weighted by Crippen LogP contribution is -1.82. The van der Waals surface area contributed by atoms with Gasteiger partial charge in [-0.05, 0) is 37.0 Å². The van der Waals surface area contributed by atoms with E-state index in [-0.39, 0.29) is 0 Å². The van der Waals surface area contributed by atoms with E-state index in [1.807, 2.05) is 30.0 Å². The summed E-state index contributed by atoms with van der Waals surface area (Å²) in [7, 11) is 0. The molecule has 1 heterocycles. The number of nitrogen functional groups attached to an aromatic ring is 1. The summed E-state index contributed by atoms with van der Waals surface area (Å²) in [6, 6.07) is 5.78. The van der Waals surface area contributed by atoms with Crippen LogP contribution in [0.15, 0.2) is 23.4 Å². The van der Waals surface area contributed by atoms with Gasteiger partial charge in [0.1, 0.15) is 0 Å². The maximum absolute atomic E-state index is 5.71. The SMILES string of the molecule is Nc1ccc2nc(SCC3CC3)[nH]c2c1. The number of hydrogen-bond acceptors (Lipinski definition) is 3. The molecule has 1 aromatic carbocycles. The van der Waals surface area contributed by atoms with Gasteiger partial charge in [-0.2, -0.15) is 0 Å². The minimum Gasteiger partial charge on any atom is -0.399 e. The van der Waals surface area contributed by atoms with Gasteiger partial charge in [0.05, 0.1) is 11.0 Å². The Kier molecular flexibility index (Phi) is 2.09. The maximum atomic E-state index is 5.71. The molecule has 4 heteroatoms. The van der Waals surface area contributed by atoms with Gasteiger partial charge in [-0.1, -0.05) is 11.8 Å². The number of fused-ring (bicyclic) bond motifs is 1. The number of nitrogens with one attached hydrogen (secondary N) is 1. The van der Waals surface area contributed by atoms with E-state index >= 15 is 0 Å². The number of nitrogens with zero attached hydrogens (tertiary/aromatic N) is 1. The second kappa shape index (κ2) is 3.45. The molecule has 0 saturated heterocycles. The molecular weight excluding hydrogens is 206 g/mol. The monoisotopic (exact) mass is 219 g/mol. The van der Waals surface area contributed by atoms with Gasteiger partial charge in [-0.25, -0.2) is 4.98 Å². The Morgan fingerprint density at radius 2 is 2.33 bits per heavy atom. The van der Waals surface area contributed by atoms with Crippen LogP contribution in [0.4, 0.5) is 5.69 Å². The fourth-order valence-electron chi connectivity index (χ4n) is 1.55. The summed E-state index contributed by atoms with van der Waals surface area (Å²) in [5, 5.41) is 1.02. The van der Waals surface area contributed by atoms with Crippen LogP contribution in [-0.4, -0.2) is 15.7 Å². The highest BCUT2D eigenvalue weighted by molar-refractivity contribution is 7.99. The number of anilines is 1. The first-order chi connectivity index (χ1) is 7.31. The van der Waals surface area contributed by atoms with Crippen LogP contribution in [0.1, 0.15) is 12.8 Å². The fraction of sp³-hybridized carbons (Fsp3) is 0.364. The van der Waals surface area contributed by atoms with E-state index < -0.39 is 0 Å². The summed E-state index contributed by atoms with van der Waals surface area (Å²) in [5.41, 5.74) is 8.53. The number of aromatic nitrogens is 2. The van der Waals surface area contributed by atoms with E-state index in [4.69, 9.17) is 5.73 Å². The summed E-state index contributed by atoms with van der Waals surface area (Å²) in [5.74, 6) is 2.11. The lowest BCUT2D eigenvalue weighted by Gasteiger charge is -1.92. The fourth-order valence-corrected chi connectivity index (χ4v) is 2.63. The van der Waals surface area contributed by atoms with Gasteiger partial charge >= 0.3 is 0 Å². The maximum Gasteiger partial charge on any atom is 0.166 e. The Balaban J connectivity index is 1.84. The molecule has 1 aliphatic carbocycles. The normalized spacial score (nSPS) is 16.0. The van der Waals surface area contributed by atoms with Crippen LogP contribution in [0.2, 0.25) is 0 Å². The highest BCUT2D eigenvalue weighted by Crippen LogP contribution is 2.34. The molecule has 3 N–H and O–H groups in total. The van der Waals surface area contributed by atoms with Crippen molar-refractivity contribution in [3.63, 3.8) is 0 Å². The molecule has 2 aromatic rings. The summed E-state index contributed by atoms with van der Waals surface area (Å²) >= 11 is 1.82. The van der Waals surface area contributed by atoms with Crippen molar-refractivity contribution in [2.75, 3.05) is 11.5 Å². The van der Waals surface area contributed by atoms with Gasteiger partial charge in [0, 0.05) is 11.4 Å². The second-order valence-electron chi connectivity index (χ2n) is 4.07. The summed E-state index contributed by atoms with van der Waals surface area (Å²) < 4.78 is 0. The van der Waals surface area contributed by atoms with Gasteiger partial charge in [0.25, 0.3) is 0 Å². The summed E-state index contributed by atoms with van der Waals surface area (Å²) in [6.45, 7) is 0. The van der Waals surface area contributed by atoms with Crippen LogP contribution in [0, 0.1) is 5.92 Å². The lowest BCUT2D eigenvalue weighted by atomic mass is 10.3. The predicted octanol–water partition coefficient (Wildman–Crippen LogP) is 2.65. The van der Waals surface area contributed by atoms with Crippen LogP contribution in [0.5, 0.6) is 0 Å². The molecule has 0 bridgehead atoms. The molecule has 1 aliphatic rings. The number of hydrogen-bond donors (Lipinski definition) is 2. The molecule has 15 heavy (non-hydrogen) atoms. The Labute approximate surface area is 92.5 Å². The van der Waals surface area contributed by atoms with Crippen LogP contribution < -0.4 is 5.73 Å². The minimum absolute atomic E-state index is 0.782. The molecule has 0 amide bonds.